The van der Waals surface area contributed by atoms with Crippen molar-refractivity contribution in [3.8, 4) is 22.9 Å². The first-order valence-electron chi connectivity index (χ1n) is 9.66. The lowest BCUT2D eigenvalue weighted by Crippen LogP contribution is -2.44. The number of nitriles is 1. The maximum atomic E-state index is 11.9. The first kappa shape index (κ1) is 22.5. The third kappa shape index (κ3) is 6.68. The van der Waals surface area contributed by atoms with Gasteiger partial charge in [0.2, 0.25) is 5.91 Å². The topological polar surface area (TPSA) is 120 Å². The minimum atomic E-state index is -0.517. The predicted molar refractivity (Wildman–Crippen MR) is 120 cm³/mol. The Morgan fingerprint density at radius 3 is 2.19 bits per heavy atom. The van der Waals surface area contributed by atoms with Gasteiger partial charge in [0.1, 0.15) is 5.75 Å². The van der Waals surface area contributed by atoms with Crippen molar-refractivity contribution in [1.29, 1.82) is 5.26 Å². The van der Waals surface area contributed by atoms with Gasteiger partial charge in [-0.05, 0) is 46.8 Å². The summed E-state index contributed by atoms with van der Waals surface area (Å²) in [5.41, 5.74) is 7.59. The molecule has 0 aliphatic heterocycles. The highest BCUT2D eigenvalue weighted by Crippen LogP contribution is 2.22. The van der Waals surface area contributed by atoms with Crippen LogP contribution in [0.4, 0.5) is 0 Å². The van der Waals surface area contributed by atoms with Crippen LogP contribution >= 0.6 is 11.3 Å². The molecule has 0 fully saturated rings. The van der Waals surface area contributed by atoms with Crippen LogP contribution in [0.25, 0.3) is 11.1 Å². The Hall–Kier alpha value is -4.16. The third-order valence-corrected chi connectivity index (χ3v) is 5.02. The lowest BCUT2D eigenvalue weighted by Gasteiger charge is -2.10. The van der Waals surface area contributed by atoms with E-state index in [0.29, 0.717) is 16.9 Å². The van der Waals surface area contributed by atoms with Crippen molar-refractivity contribution < 1.29 is 19.1 Å². The highest BCUT2D eigenvalue weighted by Gasteiger charge is 2.08. The maximum Gasteiger partial charge on any atom is 0.276 e. The average Bonchev–Trinajstić information content (AvgIpc) is 3.37. The molecule has 3 aromatic rings. The Morgan fingerprint density at radius 2 is 1.56 bits per heavy atom. The van der Waals surface area contributed by atoms with Crippen molar-refractivity contribution in [2.45, 2.75) is 6.42 Å². The number of ether oxygens (including phenoxy) is 1. The quantitative estimate of drug-likeness (QED) is 0.458. The number of carbonyl (C=O) groups excluding carboxylic acids is 3. The van der Waals surface area contributed by atoms with Gasteiger partial charge in [-0.15, -0.1) is 0 Å². The summed E-state index contributed by atoms with van der Waals surface area (Å²) in [5, 5.41) is 15.0. The zero-order valence-electron chi connectivity index (χ0n) is 17.0. The van der Waals surface area contributed by atoms with Crippen LogP contribution in [-0.2, 0) is 9.59 Å². The van der Waals surface area contributed by atoms with Gasteiger partial charge in [-0.25, -0.2) is 0 Å². The van der Waals surface area contributed by atoms with Crippen LogP contribution in [0.5, 0.6) is 5.75 Å². The molecule has 2 aromatic carbocycles. The summed E-state index contributed by atoms with van der Waals surface area (Å²) in [6.07, 6.45) is 0.0216. The molecule has 3 N–H and O–H groups in total. The number of rotatable bonds is 8. The minimum absolute atomic E-state index is 0.0216. The molecule has 1 aromatic heterocycles. The Balaban J connectivity index is 1.34. The van der Waals surface area contributed by atoms with Gasteiger partial charge >= 0.3 is 0 Å². The van der Waals surface area contributed by atoms with Gasteiger partial charge in [0.25, 0.3) is 11.8 Å². The summed E-state index contributed by atoms with van der Waals surface area (Å²) >= 11 is 1.41. The lowest BCUT2D eigenvalue weighted by atomic mass is 10.0. The number of hydrogen-bond acceptors (Lipinski definition) is 6. The van der Waals surface area contributed by atoms with Crippen molar-refractivity contribution in [3.05, 3.63) is 76.5 Å². The van der Waals surface area contributed by atoms with Crippen LogP contribution in [0.3, 0.4) is 0 Å². The fourth-order valence-corrected chi connectivity index (χ4v) is 3.29. The molecule has 8 nitrogen and oxygen atoms in total. The number of hydrazine groups is 1. The van der Waals surface area contributed by atoms with Crippen molar-refractivity contribution in [1.82, 2.24) is 16.2 Å². The number of carbonyl (C=O) groups is 3. The zero-order chi connectivity index (χ0) is 22.8. The zero-order valence-corrected chi connectivity index (χ0v) is 17.8. The van der Waals surface area contributed by atoms with Crippen LogP contribution in [0.15, 0.2) is 65.4 Å². The van der Waals surface area contributed by atoms with Crippen LogP contribution in [0.1, 0.15) is 22.3 Å². The maximum absolute atomic E-state index is 11.9. The van der Waals surface area contributed by atoms with Crippen molar-refractivity contribution >= 4 is 29.1 Å². The van der Waals surface area contributed by atoms with E-state index in [0.717, 1.165) is 11.1 Å². The van der Waals surface area contributed by atoms with E-state index < -0.39 is 11.8 Å². The number of hydrogen-bond donors (Lipinski definition) is 3. The van der Waals surface area contributed by atoms with Gasteiger partial charge in [-0.1, -0.05) is 24.3 Å². The highest BCUT2D eigenvalue weighted by molar-refractivity contribution is 7.08. The van der Waals surface area contributed by atoms with Crippen molar-refractivity contribution in [2.75, 3.05) is 13.2 Å². The van der Waals surface area contributed by atoms with Gasteiger partial charge in [-0.3, -0.25) is 25.2 Å². The highest BCUT2D eigenvalue weighted by atomic mass is 32.1. The molecule has 0 aliphatic rings. The molecule has 162 valence electrons. The molecule has 3 amide bonds. The minimum Gasteiger partial charge on any atom is -0.484 e. The van der Waals surface area contributed by atoms with Gasteiger partial charge < -0.3 is 10.1 Å². The Morgan fingerprint density at radius 1 is 0.906 bits per heavy atom. The third-order valence-electron chi connectivity index (χ3n) is 4.33. The van der Waals surface area contributed by atoms with E-state index in [1.165, 1.54) is 11.3 Å². The van der Waals surface area contributed by atoms with Crippen LogP contribution < -0.4 is 20.9 Å². The normalized spacial score (nSPS) is 9.97. The second kappa shape index (κ2) is 11.3. The molecular formula is C23H20N4O4S. The van der Waals surface area contributed by atoms with Gasteiger partial charge in [0, 0.05) is 23.9 Å². The van der Waals surface area contributed by atoms with Crippen molar-refractivity contribution in [2.24, 2.45) is 0 Å². The first-order chi connectivity index (χ1) is 15.5. The molecule has 0 saturated carbocycles. The summed E-state index contributed by atoms with van der Waals surface area (Å²) < 4.78 is 5.42. The number of nitrogens with zero attached hydrogens (tertiary/aromatic N) is 1. The number of benzene rings is 2. The Labute approximate surface area is 188 Å². The standard InChI is InChI=1S/C23H20N4O4S/c24-13-16-1-3-17(4-2-16)18-5-7-20(8-6-18)31-14-22(29)27-26-21(28)9-11-25-23(30)19-10-12-32-15-19/h1-8,10,12,15H,9,11,14H2,(H,25,30)(H,26,28)(H,27,29). The summed E-state index contributed by atoms with van der Waals surface area (Å²) in [4.78, 5) is 35.4. The predicted octanol–water partition coefficient (Wildman–Crippen LogP) is 2.63. The fraction of sp³-hybridized carbons (Fsp3) is 0.130. The van der Waals surface area contributed by atoms with Crippen molar-refractivity contribution in [3.63, 3.8) is 0 Å². The van der Waals surface area contributed by atoms with Crippen LogP contribution in [0, 0.1) is 11.3 Å². The van der Waals surface area contributed by atoms with E-state index >= 15 is 0 Å². The molecule has 0 saturated heterocycles. The number of nitrogens with one attached hydrogen (secondary N) is 3. The Kier molecular flexibility index (Phi) is 7.95. The number of amides is 3. The molecule has 0 radical (unpaired) electrons. The summed E-state index contributed by atoms with van der Waals surface area (Å²) in [6, 6.07) is 18.1. The lowest BCUT2D eigenvalue weighted by molar-refractivity contribution is -0.129. The van der Waals surface area contributed by atoms with Gasteiger partial charge in [0.15, 0.2) is 6.61 Å². The largest absolute Gasteiger partial charge is 0.484 e. The van der Waals surface area contributed by atoms with E-state index in [1.54, 1.807) is 41.1 Å². The molecule has 3 rings (SSSR count). The van der Waals surface area contributed by atoms with Crippen LogP contribution in [-0.4, -0.2) is 30.9 Å². The van der Waals surface area contributed by atoms with Gasteiger partial charge in [0.05, 0.1) is 11.6 Å². The van der Waals surface area contributed by atoms with Crippen LogP contribution in [0.2, 0.25) is 0 Å². The summed E-state index contributed by atoms with van der Waals surface area (Å²) in [7, 11) is 0. The van der Waals surface area contributed by atoms with E-state index in [9.17, 15) is 14.4 Å². The molecule has 0 aliphatic carbocycles. The summed E-state index contributed by atoms with van der Waals surface area (Å²) in [5.74, 6) is -0.700. The monoisotopic (exact) mass is 448 g/mol. The second-order valence-electron chi connectivity index (χ2n) is 6.62. The molecular weight excluding hydrogens is 428 g/mol. The summed E-state index contributed by atoms with van der Waals surface area (Å²) in [6.45, 7) is -0.121. The molecule has 9 heteroatoms. The van der Waals surface area contributed by atoms with E-state index in [4.69, 9.17) is 10.00 Å². The van der Waals surface area contributed by atoms with E-state index in [-0.39, 0.29) is 25.5 Å². The first-order valence-corrected chi connectivity index (χ1v) is 10.6. The average molecular weight is 449 g/mol. The molecule has 32 heavy (non-hydrogen) atoms. The number of thiophene rings is 1. The molecule has 0 bridgehead atoms. The van der Waals surface area contributed by atoms with E-state index in [2.05, 4.69) is 22.2 Å². The second-order valence-corrected chi connectivity index (χ2v) is 7.40. The Bertz CT molecular complexity index is 1100. The molecule has 0 atom stereocenters. The smallest absolute Gasteiger partial charge is 0.276 e. The van der Waals surface area contributed by atoms with Gasteiger partial charge in [-0.2, -0.15) is 16.6 Å². The fourth-order valence-electron chi connectivity index (χ4n) is 2.65. The molecule has 0 spiro atoms. The van der Waals surface area contributed by atoms with E-state index in [1.807, 2.05) is 24.3 Å². The molecule has 1 heterocycles. The molecule has 0 unspecified atom stereocenters. The SMILES string of the molecule is N#Cc1ccc(-c2ccc(OCC(=O)NNC(=O)CCNC(=O)c3ccsc3)cc2)cc1.